The van der Waals surface area contributed by atoms with Gasteiger partial charge in [-0.2, -0.15) is 0 Å². The van der Waals surface area contributed by atoms with Crippen LogP contribution in [-0.2, 0) is 14.8 Å². The number of aromatic nitrogens is 2. The highest BCUT2D eigenvalue weighted by molar-refractivity contribution is 7.91. The number of carbonyl (C=O) groups is 1. The zero-order chi connectivity index (χ0) is 19.8. The lowest BCUT2D eigenvalue weighted by Gasteiger charge is -2.37. The highest BCUT2D eigenvalue weighted by Crippen LogP contribution is 2.40. The van der Waals surface area contributed by atoms with Crippen LogP contribution in [0.2, 0.25) is 0 Å². The van der Waals surface area contributed by atoms with Gasteiger partial charge in [-0.25, -0.2) is 13.1 Å². The van der Waals surface area contributed by atoms with Gasteiger partial charge in [0.2, 0.25) is 15.4 Å². The van der Waals surface area contributed by atoms with Crippen molar-refractivity contribution in [3.05, 3.63) is 29.3 Å². The Hall–Kier alpha value is -2.04. The molecule has 0 radical (unpaired) electrons. The van der Waals surface area contributed by atoms with E-state index in [-0.39, 0.29) is 21.8 Å². The number of hydrogen-bond donors (Lipinski definition) is 2. The molecule has 27 heavy (non-hydrogen) atoms. The average molecular weight is 411 g/mol. The molecule has 0 saturated carbocycles. The van der Waals surface area contributed by atoms with Gasteiger partial charge in [-0.05, 0) is 26.8 Å². The highest BCUT2D eigenvalue weighted by Gasteiger charge is 2.37. The third kappa shape index (κ3) is 4.45. The van der Waals surface area contributed by atoms with Gasteiger partial charge in [-0.15, -0.1) is 10.2 Å². The molecular formula is C17H22N4O4S2. The molecule has 0 spiro atoms. The van der Waals surface area contributed by atoms with E-state index < -0.39 is 21.7 Å². The van der Waals surface area contributed by atoms with E-state index in [1.807, 2.05) is 39.0 Å². The molecule has 1 aromatic carbocycles. The molecule has 2 aromatic rings. The van der Waals surface area contributed by atoms with Crippen LogP contribution >= 0.6 is 11.3 Å². The van der Waals surface area contributed by atoms with E-state index >= 15 is 0 Å². The molecule has 0 fully saturated rings. The molecule has 1 aliphatic rings. The minimum atomic E-state index is -3.90. The van der Waals surface area contributed by atoms with E-state index in [2.05, 4.69) is 20.2 Å². The quantitative estimate of drug-likeness (QED) is 0.734. The fraction of sp³-hybridized carbons (Fsp3) is 0.471. The zero-order valence-corrected chi connectivity index (χ0v) is 17.2. The van der Waals surface area contributed by atoms with Crippen LogP contribution in [0.5, 0.6) is 5.75 Å². The van der Waals surface area contributed by atoms with Crippen molar-refractivity contribution in [2.45, 2.75) is 56.5 Å². The first kappa shape index (κ1) is 19.7. The Morgan fingerprint density at radius 3 is 2.81 bits per heavy atom. The Morgan fingerprint density at radius 2 is 2.11 bits per heavy atom. The number of aryl methyl sites for hydroxylation is 1. The lowest BCUT2D eigenvalue weighted by atomic mass is 9.89. The maximum absolute atomic E-state index is 12.8. The van der Waals surface area contributed by atoms with Crippen molar-refractivity contribution >= 4 is 32.4 Å². The van der Waals surface area contributed by atoms with Gasteiger partial charge >= 0.3 is 0 Å². The zero-order valence-electron chi connectivity index (χ0n) is 15.6. The van der Waals surface area contributed by atoms with Gasteiger partial charge in [0, 0.05) is 18.4 Å². The summed E-state index contributed by atoms with van der Waals surface area (Å²) in [4.78, 5) is 11.4. The largest absolute Gasteiger partial charge is 0.487 e. The van der Waals surface area contributed by atoms with E-state index in [9.17, 15) is 13.2 Å². The number of anilines is 1. The lowest BCUT2D eigenvalue weighted by molar-refractivity contribution is -0.115. The molecule has 1 aromatic heterocycles. The van der Waals surface area contributed by atoms with Gasteiger partial charge in [0.15, 0.2) is 0 Å². The van der Waals surface area contributed by atoms with Crippen LogP contribution in [0.15, 0.2) is 22.5 Å². The molecular weight excluding hydrogens is 388 g/mol. The van der Waals surface area contributed by atoms with Crippen molar-refractivity contribution in [2.75, 3.05) is 5.32 Å². The Balaban J connectivity index is 1.87. The number of amides is 1. The molecule has 0 aliphatic carbocycles. The van der Waals surface area contributed by atoms with E-state index in [1.165, 1.54) is 0 Å². The van der Waals surface area contributed by atoms with Crippen LogP contribution in [0.3, 0.4) is 0 Å². The second kappa shape index (κ2) is 7.17. The van der Waals surface area contributed by atoms with Gasteiger partial charge in [-0.1, -0.05) is 36.0 Å². The number of hydrogen-bond acceptors (Lipinski definition) is 7. The van der Waals surface area contributed by atoms with Crippen molar-refractivity contribution < 1.29 is 17.9 Å². The summed E-state index contributed by atoms with van der Waals surface area (Å²) >= 11 is 0.821. The Morgan fingerprint density at radius 1 is 1.37 bits per heavy atom. The number of rotatable bonds is 5. The Bertz CT molecular complexity index is 969. The molecule has 10 heteroatoms. The topological polar surface area (TPSA) is 110 Å². The van der Waals surface area contributed by atoms with Crippen molar-refractivity contribution in [3.8, 4) is 5.75 Å². The van der Waals surface area contributed by atoms with E-state index in [4.69, 9.17) is 4.74 Å². The average Bonchev–Trinajstić information content (AvgIpc) is 3.04. The van der Waals surface area contributed by atoms with E-state index in [0.717, 1.165) is 22.5 Å². The first-order valence-electron chi connectivity index (χ1n) is 8.55. The molecule has 2 heterocycles. The number of fused-ring (bicyclic) bond motifs is 1. The van der Waals surface area contributed by atoms with Gasteiger partial charge in [0.1, 0.15) is 11.4 Å². The molecule has 1 amide bonds. The molecule has 2 N–H and O–H groups in total. The second-order valence-electron chi connectivity index (χ2n) is 7.06. The van der Waals surface area contributed by atoms with Gasteiger partial charge < -0.3 is 10.1 Å². The Labute approximate surface area is 162 Å². The number of nitrogens with zero attached hydrogens (tertiary/aromatic N) is 2. The molecule has 0 bridgehead atoms. The van der Waals surface area contributed by atoms with Crippen molar-refractivity contribution in [2.24, 2.45) is 0 Å². The third-order valence-electron chi connectivity index (χ3n) is 4.12. The third-order valence-corrected chi connectivity index (χ3v) is 6.80. The predicted molar refractivity (Wildman–Crippen MR) is 102 cm³/mol. The fourth-order valence-corrected chi connectivity index (χ4v) is 5.04. The van der Waals surface area contributed by atoms with E-state index in [0.29, 0.717) is 12.2 Å². The van der Waals surface area contributed by atoms with Crippen LogP contribution in [0.1, 0.15) is 50.8 Å². The molecule has 8 nitrogen and oxygen atoms in total. The second-order valence-corrected chi connectivity index (χ2v) is 9.92. The highest BCUT2D eigenvalue weighted by atomic mass is 32.2. The summed E-state index contributed by atoms with van der Waals surface area (Å²) in [6.07, 6.45) is 0.744. The van der Waals surface area contributed by atoms with Crippen molar-refractivity contribution in [1.29, 1.82) is 0 Å². The van der Waals surface area contributed by atoms with Crippen LogP contribution in [0.4, 0.5) is 5.13 Å². The van der Waals surface area contributed by atoms with Crippen LogP contribution in [0.25, 0.3) is 0 Å². The molecule has 1 unspecified atom stereocenters. The number of ether oxygens (including phenoxy) is 1. The van der Waals surface area contributed by atoms with Crippen molar-refractivity contribution in [3.63, 3.8) is 0 Å². The van der Waals surface area contributed by atoms with Crippen LogP contribution in [-0.4, -0.2) is 30.1 Å². The summed E-state index contributed by atoms with van der Waals surface area (Å²) in [5.74, 6) is 0.413. The number of carbonyl (C=O) groups excluding carboxylic acids is 1. The lowest BCUT2D eigenvalue weighted by Crippen LogP contribution is -2.41. The molecule has 0 saturated heterocycles. The number of sulfonamides is 1. The summed E-state index contributed by atoms with van der Waals surface area (Å²) in [5, 5.41) is 10.1. The SMILES string of the molecule is CCC(=O)Nc1nnc(S(=O)(=O)NC2CC(C)(C)Oc3ccc(C)cc32)s1. The van der Waals surface area contributed by atoms with Gasteiger partial charge in [0.05, 0.1) is 6.04 Å². The predicted octanol–water partition coefficient (Wildman–Crippen LogP) is 2.78. The fourth-order valence-electron chi connectivity index (χ4n) is 2.89. The van der Waals surface area contributed by atoms with Gasteiger partial charge in [0.25, 0.3) is 10.0 Å². The first-order chi connectivity index (χ1) is 12.6. The molecule has 146 valence electrons. The molecule has 1 aliphatic heterocycles. The summed E-state index contributed by atoms with van der Waals surface area (Å²) in [5.41, 5.74) is 1.29. The summed E-state index contributed by atoms with van der Waals surface area (Å²) in [6.45, 7) is 7.47. The summed E-state index contributed by atoms with van der Waals surface area (Å²) in [7, 11) is -3.90. The van der Waals surface area contributed by atoms with Crippen molar-refractivity contribution in [1.82, 2.24) is 14.9 Å². The Kier molecular flexibility index (Phi) is 5.24. The summed E-state index contributed by atoms with van der Waals surface area (Å²) in [6, 6.07) is 5.26. The smallest absolute Gasteiger partial charge is 0.270 e. The summed E-state index contributed by atoms with van der Waals surface area (Å²) < 4.78 is 34.1. The molecule has 1 atom stereocenters. The minimum absolute atomic E-state index is 0.158. The monoisotopic (exact) mass is 410 g/mol. The maximum Gasteiger partial charge on any atom is 0.270 e. The normalized spacial score (nSPS) is 18.4. The standard InChI is InChI=1S/C17H22N4O4S2/c1-5-14(22)18-15-19-20-16(26-15)27(23,24)21-12-9-17(3,4)25-13-7-6-10(2)8-11(12)13/h6-8,12,21H,5,9H2,1-4H3,(H,18,19,22). The van der Waals surface area contributed by atoms with Gasteiger partial charge in [-0.3, -0.25) is 4.79 Å². The number of benzene rings is 1. The molecule has 3 rings (SSSR count). The maximum atomic E-state index is 12.8. The minimum Gasteiger partial charge on any atom is -0.487 e. The van der Waals surface area contributed by atoms with Crippen LogP contribution in [0, 0.1) is 6.92 Å². The van der Waals surface area contributed by atoms with E-state index in [1.54, 1.807) is 6.92 Å². The number of nitrogens with one attached hydrogen (secondary N) is 2. The van der Waals surface area contributed by atoms with Crippen LogP contribution < -0.4 is 14.8 Å². The first-order valence-corrected chi connectivity index (χ1v) is 10.8.